The van der Waals surface area contributed by atoms with Crippen LogP contribution >= 0.6 is 23.2 Å². The number of halogens is 5. The molecule has 0 radical (unpaired) electrons. The molecule has 0 saturated heterocycles. The van der Waals surface area contributed by atoms with E-state index in [1.807, 2.05) is 0 Å². The number of anilines is 1. The van der Waals surface area contributed by atoms with Crippen LogP contribution in [0.3, 0.4) is 0 Å². The lowest BCUT2D eigenvalue weighted by Crippen LogP contribution is -2.14. The second kappa shape index (κ2) is 6.14. The molecule has 3 nitrogen and oxygen atoms in total. The van der Waals surface area contributed by atoms with Crippen molar-refractivity contribution in [3.05, 3.63) is 57.3 Å². The summed E-state index contributed by atoms with van der Waals surface area (Å²) in [5.41, 5.74) is -0.628. The van der Waals surface area contributed by atoms with Crippen LogP contribution < -0.4 is 5.32 Å². The predicted octanol–water partition coefficient (Wildman–Crippen LogP) is 4.97. The number of benzene rings is 1. The summed E-state index contributed by atoms with van der Waals surface area (Å²) < 4.78 is 38.5. The Balaban J connectivity index is 2.27. The topological polar surface area (TPSA) is 42.0 Å². The highest BCUT2D eigenvalue weighted by Crippen LogP contribution is 2.33. The Bertz CT molecular complexity index is 733. The van der Waals surface area contributed by atoms with Gasteiger partial charge in [0, 0.05) is 11.9 Å². The molecule has 0 atom stereocenters. The van der Waals surface area contributed by atoms with Gasteiger partial charge in [-0.15, -0.1) is 0 Å². The van der Waals surface area contributed by atoms with Gasteiger partial charge < -0.3 is 5.32 Å². The molecular formula is C14H9Cl2F3N2O. The van der Waals surface area contributed by atoms with Crippen molar-refractivity contribution in [3.8, 4) is 0 Å². The van der Waals surface area contributed by atoms with Gasteiger partial charge in [-0.1, -0.05) is 29.3 Å². The van der Waals surface area contributed by atoms with E-state index in [0.29, 0.717) is 0 Å². The highest BCUT2D eigenvalue weighted by molar-refractivity contribution is 6.41. The summed E-state index contributed by atoms with van der Waals surface area (Å²) in [4.78, 5) is 15.7. The summed E-state index contributed by atoms with van der Waals surface area (Å²) in [6.45, 7) is 1.34. The van der Waals surface area contributed by atoms with Crippen LogP contribution in [0.15, 0.2) is 30.5 Å². The Morgan fingerprint density at radius 3 is 2.50 bits per heavy atom. The summed E-state index contributed by atoms with van der Waals surface area (Å²) in [6, 6.07) is 4.82. The number of alkyl halides is 3. The third kappa shape index (κ3) is 3.69. The van der Waals surface area contributed by atoms with E-state index >= 15 is 0 Å². The predicted molar refractivity (Wildman–Crippen MR) is 78.4 cm³/mol. The summed E-state index contributed by atoms with van der Waals surface area (Å²) in [7, 11) is 0. The van der Waals surface area contributed by atoms with E-state index in [4.69, 9.17) is 23.2 Å². The number of hydrogen-bond donors (Lipinski definition) is 1. The molecule has 116 valence electrons. The molecule has 0 bridgehead atoms. The van der Waals surface area contributed by atoms with Crippen molar-refractivity contribution in [2.45, 2.75) is 13.1 Å². The fraction of sp³-hybridized carbons (Fsp3) is 0.143. The van der Waals surface area contributed by atoms with Gasteiger partial charge in [0.1, 0.15) is 5.15 Å². The van der Waals surface area contributed by atoms with Crippen LogP contribution in [0.2, 0.25) is 10.2 Å². The summed E-state index contributed by atoms with van der Waals surface area (Å²) in [5, 5.41) is 2.48. The minimum atomic E-state index is -4.49. The zero-order chi connectivity index (χ0) is 16.5. The summed E-state index contributed by atoms with van der Waals surface area (Å²) >= 11 is 11.4. The largest absolute Gasteiger partial charge is 0.416 e. The first-order valence-electron chi connectivity index (χ1n) is 5.98. The van der Waals surface area contributed by atoms with Crippen LogP contribution in [-0.4, -0.2) is 10.9 Å². The van der Waals surface area contributed by atoms with Crippen molar-refractivity contribution in [2.75, 3.05) is 5.32 Å². The van der Waals surface area contributed by atoms with E-state index in [0.717, 1.165) is 6.07 Å². The molecular weight excluding hydrogens is 340 g/mol. The number of nitrogens with zero attached hydrogens (tertiary/aromatic N) is 1. The molecule has 1 aromatic carbocycles. The molecule has 2 rings (SSSR count). The molecule has 0 aliphatic carbocycles. The van der Waals surface area contributed by atoms with Crippen molar-refractivity contribution < 1.29 is 18.0 Å². The quantitative estimate of drug-likeness (QED) is 0.778. The molecule has 1 heterocycles. The normalized spacial score (nSPS) is 11.4. The first-order valence-corrected chi connectivity index (χ1v) is 6.74. The fourth-order valence-electron chi connectivity index (χ4n) is 1.75. The van der Waals surface area contributed by atoms with Gasteiger partial charge in [-0.05, 0) is 30.7 Å². The second-order valence-electron chi connectivity index (χ2n) is 4.48. The Labute approximate surface area is 134 Å². The lowest BCUT2D eigenvalue weighted by Gasteiger charge is -2.13. The zero-order valence-electron chi connectivity index (χ0n) is 11.1. The van der Waals surface area contributed by atoms with Crippen LogP contribution in [-0.2, 0) is 6.18 Å². The molecule has 0 spiro atoms. The van der Waals surface area contributed by atoms with E-state index < -0.39 is 17.6 Å². The van der Waals surface area contributed by atoms with Gasteiger partial charge in [-0.25, -0.2) is 4.98 Å². The standard InChI is InChI=1S/C14H9Cl2F3N2O/c1-7-2-3-9(5-10(7)14(17,18)19)21-13(22)8-4-11(15)12(16)20-6-8/h2-6H,1H3,(H,21,22). The van der Waals surface area contributed by atoms with Crippen molar-refractivity contribution >= 4 is 34.8 Å². The fourth-order valence-corrected chi connectivity index (χ4v) is 2.02. The van der Waals surface area contributed by atoms with Crippen molar-refractivity contribution in [3.63, 3.8) is 0 Å². The van der Waals surface area contributed by atoms with Gasteiger partial charge in [0.15, 0.2) is 0 Å². The second-order valence-corrected chi connectivity index (χ2v) is 5.24. The van der Waals surface area contributed by atoms with E-state index in [1.165, 1.54) is 31.3 Å². The van der Waals surface area contributed by atoms with Gasteiger partial charge >= 0.3 is 6.18 Å². The first kappa shape index (κ1) is 16.6. The van der Waals surface area contributed by atoms with Gasteiger partial charge in [0.25, 0.3) is 5.91 Å². The molecule has 0 unspecified atom stereocenters. The number of pyridine rings is 1. The number of nitrogens with one attached hydrogen (secondary N) is 1. The van der Waals surface area contributed by atoms with E-state index in [9.17, 15) is 18.0 Å². The maximum absolute atomic E-state index is 12.8. The molecule has 22 heavy (non-hydrogen) atoms. The Morgan fingerprint density at radius 2 is 1.91 bits per heavy atom. The number of aryl methyl sites for hydroxylation is 1. The summed E-state index contributed by atoms with van der Waals surface area (Å²) in [6.07, 6.45) is -3.31. The average Bonchev–Trinajstić information content (AvgIpc) is 2.42. The molecule has 8 heteroatoms. The molecule has 1 aromatic heterocycles. The zero-order valence-corrected chi connectivity index (χ0v) is 12.6. The van der Waals surface area contributed by atoms with Gasteiger partial charge in [-0.3, -0.25) is 4.79 Å². The Kier molecular flexibility index (Phi) is 4.63. The Hall–Kier alpha value is -1.79. The maximum Gasteiger partial charge on any atom is 0.416 e. The highest BCUT2D eigenvalue weighted by Gasteiger charge is 2.32. The number of aromatic nitrogens is 1. The molecule has 2 aromatic rings. The molecule has 1 N–H and O–H groups in total. The van der Waals surface area contributed by atoms with Crippen LogP contribution in [0.4, 0.5) is 18.9 Å². The van der Waals surface area contributed by atoms with Crippen LogP contribution in [0, 0.1) is 6.92 Å². The number of amides is 1. The van der Waals surface area contributed by atoms with Crippen molar-refractivity contribution in [1.82, 2.24) is 4.98 Å². The molecule has 1 amide bonds. The molecule has 0 aliphatic heterocycles. The highest BCUT2D eigenvalue weighted by atomic mass is 35.5. The van der Waals surface area contributed by atoms with Gasteiger partial charge in [0.2, 0.25) is 0 Å². The van der Waals surface area contributed by atoms with E-state index in [-0.39, 0.29) is 27.0 Å². The van der Waals surface area contributed by atoms with Crippen LogP contribution in [0.1, 0.15) is 21.5 Å². The number of carbonyl (C=O) groups excluding carboxylic acids is 1. The monoisotopic (exact) mass is 348 g/mol. The lowest BCUT2D eigenvalue weighted by atomic mass is 10.1. The van der Waals surface area contributed by atoms with E-state index in [1.54, 1.807) is 0 Å². The minimum absolute atomic E-state index is 0.0222. The third-order valence-corrected chi connectivity index (χ3v) is 3.55. The minimum Gasteiger partial charge on any atom is -0.322 e. The lowest BCUT2D eigenvalue weighted by molar-refractivity contribution is -0.138. The molecule has 0 saturated carbocycles. The van der Waals surface area contributed by atoms with Crippen molar-refractivity contribution in [2.24, 2.45) is 0 Å². The third-order valence-electron chi connectivity index (χ3n) is 2.86. The van der Waals surface area contributed by atoms with Crippen molar-refractivity contribution in [1.29, 1.82) is 0 Å². The number of hydrogen-bond acceptors (Lipinski definition) is 2. The average molecular weight is 349 g/mol. The van der Waals surface area contributed by atoms with E-state index in [2.05, 4.69) is 10.3 Å². The Morgan fingerprint density at radius 1 is 1.23 bits per heavy atom. The summed E-state index contributed by atoms with van der Waals surface area (Å²) in [5.74, 6) is -0.636. The van der Waals surface area contributed by atoms with Crippen LogP contribution in [0.25, 0.3) is 0 Å². The molecule has 0 fully saturated rings. The smallest absolute Gasteiger partial charge is 0.322 e. The maximum atomic E-state index is 12.8. The number of carbonyl (C=O) groups is 1. The van der Waals surface area contributed by atoms with Gasteiger partial charge in [-0.2, -0.15) is 13.2 Å². The molecule has 0 aliphatic rings. The van der Waals surface area contributed by atoms with Gasteiger partial charge in [0.05, 0.1) is 16.1 Å². The number of rotatable bonds is 2. The van der Waals surface area contributed by atoms with Crippen LogP contribution in [0.5, 0.6) is 0 Å². The first-order chi connectivity index (χ1) is 10.2. The SMILES string of the molecule is Cc1ccc(NC(=O)c2cnc(Cl)c(Cl)c2)cc1C(F)(F)F.